The second-order valence-electron chi connectivity index (χ2n) is 5.47. The van der Waals surface area contributed by atoms with E-state index in [-0.39, 0.29) is 10.1 Å². The number of fused-ring (bicyclic) bond motifs is 1. The van der Waals surface area contributed by atoms with Crippen LogP contribution in [0.15, 0.2) is 40.6 Å². The molecular weight excluding hydrogens is 378 g/mol. The highest BCUT2D eigenvalue weighted by atomic mass is 32.2. The lowest BCUT2D eigenvalue weighted by Crippen LogP contribution is -2.22. The van der Waals surface area contributed by atoms with Crippen molar-refractivity contribution in [1.82, 2.24) is 10.3 Å². The van der Waals surface area contributed by atoms with Crippen LogP contribution in [0.2, 0.25) is 0 Å². The molecule has 3 rings (SSSR count). The largest absolute Gasteiger partial charge is 0.351 e. The molecule has 0 radical (unpaired) electrons. The third-order valence-corrected chi connectivity index (χ3v) is 7.13. The van der Waals surface area contributed by atoms with E-state index in [0.29, 0.717) is 13.0 Å². The van der Waals surface area contributed by atoms with Gasteiger partial charge in [-0.2, -0.15) is 0 Å². The number of thiophene rings is 1. The molecule has 0 atom stereocenters. The predicted octanol–water partition coefficient (Wildman–Crippen LogP) is 2.64. The number of rotatable bonds is 7. The Balaban J connectivity index is 1.44. The molecule has 9 heteroatoms. The third-order valence-electron chi connectivity index (χ3n) is 3.51. The maximum absolute atomic E-state index is 11.9. The molecule has 1 amide bonds. The molecule has 132 valence electrons. The Morgan fingerprint density at radius 1 is 1.16 bits per heavy atom. The summed E-state index contributed by atoms with van der Waals surface area (Å²) in [6.07, 6.45) is 1.89. The standard InChI is InChI=1S/C16H17N3O3S3/c17-25(21,22)16-9-8-11(23-16)10-18-14(20)6-3-7-15-19-12-4-1-2-5-13(12)24-15/h1-2,4-5,8-9H,3,6-7,10H2,(H,18,20)(H2,17,21,22). The molecule has 3 N–H and O–H groups in total. The number of amides is 1. The normalized spacial score (nSPS) is 11.7. The van der Waals surface area contributed by atoms with Crippen molar-refractivity contribution in [1.29, 1.82) is 0 Å². The topological polar surface area (TPSA) is 102 Å². The van der Waals surface area contributed by atoms with Crippen LogP contribution in [0.5, 0.6) is 0 Å². The lowest BCUT2D eigenvalue weighted by Gasteiger charge is -2.02. The van der Waals surface area contributed by atoms with Gasteiger partial charge < -0.3 is 5.32 Å². The summed E-state index contributed by atoms with van der Waals surface area (Å²) < 4.78 is 23.7. The predicted molar refractivity (Wildman–Crippen MR) is 100 cm³/mol. The third kappa shape index (κ3) is 4.85. The molecule has 2 aromatic heterocycles. The molecule has 0 aliphatic rings. The fraction of sp³-hybridized carbons (Fsp3) is 0.250. The number of thiazole rings is 1. The van der Waals surface area contributed by atoms with E-state index < -0.39 is 10.0 Å². The number of sulfonamides is 1. The molecule has 0 aliphatic heterocycles. The zero-order valence-corrected chi connectivity index (χ0v) is 15.7. The first-order valence-electron chi connectivity index (χ1n) is 7.64. The maximum atomic E-state index is 11.9. The molecular formula is C16H17N3O3S3. The first-order valence-corrected chi connectivity index (χ1v) is 10.8. The van der Waals surface area contributed by atoms with Crippen LogP contribution < -0.4 is 10.5 Å². The van der Waals surface area contributed by atoms with Gasteiger partial charge in [-0.05, 0) is 37.1 Å². The second kappa shape index (κ2) is 7.61. The van der Waals surface area contributed by atoms with E-state index in [2.05, 4.69) is 10.3 Å². The van der Waals surface area contributed by atoms with Crippen LogP contribution >= 0.6 is 22.7 Å². The summed E-state index contributed by atoms with van der Waals surface area (Å²) >= 11 is 2.72. The van der Waals surface area contributed by atoms with Crippen molar-refractivity contribution in [2.45, 2.75) is 30.0 Å². The zero-order valence-electron chi connectivity index (χ0n) is 13.3. The van der Waals surface area contributed by atoms with Crippen molar-refractivity contribution in [2.75, 3.05) is 0 Å². The van der Waals surface area contributed by atoms with Gasteiger partial charge >= 0.3 is 0 Å². The summed E-state index contributed by atoms with van der Waals surface area (Å²) in [6, 6.07) is 11.1. The first kappa shape index (κ1) is 18.0. The van der Waals surface area contributed by atoms with E-state index in [1.54, 1.807) is 17.4 Å². The van der Waals surface area contributed by atoms with Gasteiger partial charge in [0.25, 0.3) is 0 Å². The van der Waals surface area contributed by atoms with E-state index >= 15 is 0 Å². The zero-order chi connectivity index (χ0) is 17.9. The summed E-state index contributed by atoms with van der Waals surface area (Å²) in [7, 11) is -3.68. The van der Waals surface area contributed by atoms with Crippen LogP contribution in [0.1, 0.15) is 22.7 Å². The Hall–Kier alpha value is -1.81. The van der Waals surface area contributed by atoms with Gasteiger partial charge in [0.05, 0.1) is 21.8 Å². The van der Waals surface area contributed by atoms with Gasteiger partial charge in [0.15, 0.2) is 0 Å². The molecule has 0 saturated heterocycles. The summed E-state index contributed by atoms with van der Waals surface area (Å²) in [4.78, 5) is 17.2. The molecule has 0 fully saturated rings. The SMILES string of the molecule is NS(=O)(=O)c1ccc(CNC(=O)CCCc2nc3ccccc3s2)s1. The number of benzene rings is 1. The van der Waals surface area contributed by atoms with E-state index in [1.165, 1.54) is 6.07 Å². The number of para-hydroxylation sites is 1. The quantitative estimate of drug-likeness (QED) is 0.642. The molecule has 1 aromatic carbocycles. The minimum atomic E-state index is -3.68. The second-order valence-corrected chi connectivity index (χ2v) is 9.54. The van der Waals surface area contributed by atoms with Gasteiger partial charge in [0.1, 0.15) is 4.21 Å². The number of nitrogens with two attached hydrogens (primary N) is 1. The lowest BCUT2D eigenvalue weighted by molar-refractivity contribution is -0.121. The van der Waals surface area contributed by atoms with Crippen LogP contribution in [-0.4, -0.2) is 19.3 Å². The van der Waals surface area contributed by atoms with Crippen LogP contribution in [0.3, 0.4) is 0 Å². The Morgan fingerprint density at radius 3 is 2.68 bits per heavy atom. The minimum Gasteiger partial charge on any atom is -0.351 e. The maximum Gasteiger partial charge on any atom is 0.247 e. The number of nitrogens with zero attached hydrogens (tertiary/aromatic N) is 1. The van der Waals surface area contributed by atoms with E-state index in [1.807, 2.05) is 24.3 Å². The summed E-state index contributed by atoms with van der Waals surface area (Å²) in [5.41, 5.74) is 0.996. The number of hydrogen-bond acceptors (Lipinski definition) is 6. The van der Waals surface area contributed by atoms with E-state index in [9.17, 15) is 13.2 Å². The van der Waals surface area contributed by atoms with Crippen molar-refractivity contribution in [3.8, 4) is 0 Å². The van der Waals surface area contributed by atoms with Gasteiger partial charge in [0.2, 0.25) is 15.9 Å². The smallest absolute Gasteiger partial charge is 0.247 e. The van der Waals surface area contributed by atoms with E-state index in [4.69, 9.17) is 5.14 Å². The molecule has 2 heterocycles. The molecule has 0 spiro atoms. The lowest BCUT2D eigenvalue weighted by atomic mass is 10.2. The Kier molecular flexibility index (Phi) is 5.48. The highest BCUT2D eigenvalue weighted by Gasteiger charge is 2.12. The van der Waals surface area contributed by atoms with Crippen molar-refractivity contribution in [2.24, 2.45) is 5.14 Å². The number of primary sulfonamides is 1. The van der Waals surface area contributed by atoms with Crippen molar-refractivity contribution < 1.29 is 13.2 Å². The molecule has 0 saturated carbocycles. The molecule has 25 heavy (non-hydrogen) atoms. The first-order chi connectivity index (χ1) is 11.9. The number of carbonyl (C=O) groups is 1. The van der Waals surface area contributed by atoms with Crippen molar-refractivity contribution in [3.05, 3.63) is 46.3 Å². The van der Waals surface area contributed by atoms with Crippen molar-refractivity contribution >= 4 is 48.8 Å². The molecule has 0 aliphatic carbocycles. The summed E-state index contributed by atoms with van der Waals surface area (Å²) in [5, 5.41) is 8.89. The average molecular weight is 396 g/mol. The van der Waals surface area contributed by atoms with Gasteiger partial charge in [-0.1, -0.05) is 12.1 Å². The van der Waals surface area contributed by atoms with Crippen LogP contribution in [-0.2, 0) is 27.8 Å². The number of aromatic nitrogens is 1. The fourth-order valence-corrected chi connectivity index (χ4v) is 5.03. The molecule has 3 aromatic rings. The monoisotopic (exact) mass is 395 g/mol. The van der Waals surface area contributed by atoms with Gasteiger partial charge in [0, 0.05) is 11.3 Å². The highest BCUT2D eigenvalue weighted by molar-refractivity contribution is 7.91. The van der Waals surface area contributed by atoms with Gasteiger partial charge in [-0.15, -0.1) is 22.7 Å². The summed E-state index contributed by atoms with van der Waals surface area (Å²) in [6.45, 7) is 0.306. The number of nitrogens with one attached hydrogen (secondary N) is 1. The Labute approximate surface area is 153 Å². The van der Waals surface area contributed by atoms with E-state index in [0.717, 1.165) is 44.3 Å². The molecule has 0 bridgehead atoms. The Morgan fingerprint density at radius 2 is 1.96 bits per heavy atom. The minimum absolute atomic E-state index is 0.0633. The number of aryl methyl sites for hydroxylation is 1. The fourth-order valence-electron chi connectivity index (χ4n) is 2.31. The highest BCUT2D eigenvalue weighted by Crippen LogP contribution is 2.23. The number of carbonyl (C=O) groups excluding carboxylic acids is 1. The van der Waals surface area contributed by atoms with Crippen LogP contribution in [0.4, 0.5) is 0 Å². The van der Waals surface area contributed by atoms with Gasteiger partial charge in [-0.25, -0.2) is 18.5 Å². The van der Waals surface area contributed by atoms with Crippen molar-refractivity contribution in [3.63, 3.8) is 0 Å². The van der Waals surface area contributed by atoms with Crippen LogP contribution in [0, 0.1) is 0 Å². The number of hydrogen-bond donors (Lipinski definition) is 2. The summed E-state index contributed by atoms with van der Waals surface area (Å²) in [5.74, 6) is -0.0633. The average Bonchev–Trinajstić information content (AvgIpc) is 3.19. The molecule has 6 nitrogen and oxygen atoms in total. The van der Waals surface area contributed by atoms with Crippen LogP contribution in [0.25, 0.3) is 10.2 Å². The molecule has 0 unspecified atom stereocenters. The van der Waals surface area contributed by atoms with Gasteiger partial charge in [-0.3, -0.25) is 4.79 Å². The Bertz CT molecular complexity index is 959.